The van der Waals surface area contributed by atoms with E-state index in [1.54, 1.807) is 14.0 Å². The number of alkyl halides is 3. The zero-order valence-corrected chi connectivity index (χ0v) is 19.4. The lowest BCUT2D eigenvalue weighted by Gasteiger charge is -2.28. The number of nitrogens with one attached hydrogen (secondary N) is 1. The second kappa shape index (κ2) is 11.7. The minimum absolute atomic E-state index is 0.0783. The van der Waals surface area contributed by atoms with Crippen LogP contribution in [0, 0.1) is 11.8 Å². The summed E-state index contributed by atoms with van der Waals surface area (Å²) in [6, 6.07) is 0. The van der Waals surface area contributed by atoms with E-state index >= 15 is 0 Å². The quantitative estimate of drug-likeness (QED) is 0.256. The molecule has 0 spiro atoms. The number of hydrogen-bond acceptors (Lipinski definition) is 9. The Morgan fingerprint density at radius 2 is 1.88 bits per heavy atom. The van der Waals surface area contributed by atoms with Gasteiger partial charge in [0, 0.05) is 33.2 Å². The van der Waals surface area contributed by atoms with Crippen LogP contribution in [-0.2, 0) is 27.9 Å². The first kappa shape index (κ1) is 27.0. The third-order valence-electron chi connectivity index (χ3n) is 4.53. The van der Waals surface area contributed by atoms with E-state index in [1.165, 1.54) is 11.7 Å². The number of esters is 1. The molecule has 15 heteroatoms. The van der Waals surface area contributed by atoms with Crippen LogP contribution in [0.5, 0.6) is 0 Å². The lowest BCUT2D eigenvalue weighted by Crippen LogP contribution is -2.44. The van der Waals surface area contributed by atoms with Gasteiger partial charge in [0.05, 0.1) is 19.4 Å². The number of aromatic nitrogens is 4. The normalized spacial score (nSPS) is 13.5. The maximum Gasteiger partial charge on any atom is 0.490 e. The van der Waals surface area contributed by atoms with Gasteiger partial charge in [-0.15, -0.1) is 5.92 Å². The molecule has 2 aromatic rings. The SMILES string of the molecule is CC#CCn1c(N2CCNCC2)nc2nc(SCC(=O)OC)n(C)c(=O)c21.O=C(O)C(F)(F)F. The maximum atomic E-state index is 13.0. The van der Waals surface area contributed by atoms with Gasteiger partial charge in [-0.25, -0.2) is 9.78 Å². The van der Waals surface area contributed by atoms with Gasteiger partial charge >= 0.3 is 18.1 Å². The number of thioether (sulfide) groups is 1. The van der Waals surface area contributed by atoms with Crippen LogP contribution in [-0.4, -0.2) is 81.4 Å². The van der Waals surface area contributed by atoms with Gasteiger partial charge < -0.3 is 20.1 Å². The van der Waals surface area contributed by atoms with Gasteiger partial charge in [0.2, 0.25) is 5.95 Å². The third-order valence-corrected chi connectivity index (χ3v) is 5.53. The van der Waals surface area contributed by atoms with Crippen molar-refractivity contribution in [3.63, 3.8) is 0 Å². The maximum absolute atomic E-state index is 13.0. The first-order chi connectivity index (χ1) is 16.0. The van der Waals surface area contributed by atoms with Crippen molar-refractivity contribution >= 4 is 40.8 Å². The number of rotatable bonds is 5. The second-order valence-electron chi connectivity index (χ2n) is 6.76. The van der Waals surface area contributed by atoms with E-state index in [1.807, 2.05) is 4.57 Å². The summed E-state index contributed by atoms with van der Waals surface area (Å²) < 4.78 is 39.7. The van der Waals surface area contributed by atoms with Crippen molar-refractivity contribution in [2.24, 2.45) is 7.05 Å². The molecule has 34 heavy (non-hydrogen) atoms. The molecule has 0 saturated carbocycles. The zero-order chi connectivity index (χ0) is 25.5. The summed E-state index contributed by atoms with van der Waals surface area (Å²) in [6.07, 6.45) is -5.08. The summed E-state index contributed by atoms with van der Waals surface area (Å²) >= 11 is 1.15. The minimum Gasteiger partial charge on any atom is -0.475 e. The van der Waals surface area contributed by atoms with Gasteiger partial charge in [0.1, 0.15) is 0 Å². The number of ether oxygens (including phenoxy) is 1. The molecule has 2 N–H and O–H groups in total. The van der Waals surface area contributed by atoms with E-state index in [4.69, 9.17) is 9.90 Å². The molecule has 1 fully saturated rings. The van der Waals surface area contributed by atoms with E-state index in [2.05, 4.69) is 36.8 Å². The Balaban J connectivity index is 0.000000509. The van der Waals surface area contributed by atoms with Gasteiger partial charge in [-0.3, -0.25) is 18.7 Å². The molecule has 3 rings (SSSR count). The predicted molar refractivity (Wildman–Crippen MR) is 118 cm³/mol. The van der Waals surface area contributed by atoms with Crippen LogP contribution in [0.1, 0.15) is 6.92 Å². The molecule has 3 heterocycles. The summed E-state index contributed by atoms with van der Waals surface area (Å²) in [5.41, 5.74) is 0.590. The fraction of sp³-hybridized carbons (Fsp3) is 0.526. The van der Waals surface area contributed by atoms with Crippen LogP contribution in [0.3, 0.4) is 0 Å². The molecule has 0 amide bonds. The molecule has 0 radical (unpaired) electrons. The molecular weight excluding hydrogens is 481 g/mol. The summed E-state index contributed by atoms with van der Waals surface area (Å²) in [6.45, 7) is 5.45. The number of aliphatic carboxylic acids is 1. The average molecular weight is 504 g/mol. The Hall–Kier alpha value is -3.25. The van der Waals surface area contributed by atoms with Crippen LogP contribution < -0.4 is 15.8 Å². The first-order valence-corrected chi connectivity index (χ1v) is 10.8. The van der Waals surface area contributed by atoms with Gasteiger partial charge in [0.25, 0.3) is 5.56 Å². The largest absolute Gasteiger partial charge is 0.490 e. The molecule has 11 nitrogen and oxygen atoms in total. The lowest BCUT2D eigenvalue weighted by molar-refractivity contribution is -0.192. The third kappa shape index (κ3) is 6.64. The van der Waals surface area contributed by atoms with Crippen molar-refractivity contribution in [3.05, 3.63) is 10.4 Å². The Morgan fingerprint density at radius 3 is 2.41 bits per heavy atom. The first-order valence-electron chi connectivity index (χ1n) is 9.83. The van der Waals surface area contributed by atoms with E-state index in [9.17, 15) is 22.8 Å². The Bertz CT molecular complexity index is 1160. The topological polar surface area (TPSA) is 132 Å². The van der Waals surface area contributed by atoms with Crippen molar-refractivity contribution in [3.8, 4) is 11.8 Å². The monoisotopic (exact) mass is 504 g/mol. The lowest BCUT2D eigenvalue weighted by atomic mass is 10.4. The smallest absolute Gasteiger partial charge is 0.475 e. The molecule has 0 aliphatic carbocycles. The number of nitrogens with zero attached hydrogens (tertiary/aromatic N) is 5. The van der Waals surface area contributed by atoms with Gasteiger partial charge in [-0.05, 0) is 6.92 Å². The molecule has 1 saturated heterocycles. The van der Waals surface area contributed by atoms with Crippen molar-refractivity contribution in [1.29, 1.82) is 0 Å². The molecule has 0 atom stereocenters. The number of imidazole rings is 1. The molecular formula is C19H23F3N6O5S. The molecule has 0 unspecified atom stereocenters. The van der Waals surface area contributed by atoms with Crippen LogP contribution in [0.25, 0.3) is 11.2 Å². The summed E-state index contributed by atoms with van der Waals surface area (Å²) in [7, 11) is 2.97. The molecule has 0 bridgehead atoms. The van der Waals surface area contributed by atoms with Crippen LogP contribution >= 0.6 is 11.8 Å². The van der Waals surface area contributed by atoms with Gasteiger partial charge in [-0.1, -0.05) is 17.7 Å². The summed E-state index contributed by atoms with van der Waals surface area (Å²) in [4.78, 5) is 44.6. The Morgan fingerprint density at radius 1 is 1.26 bits per heavy atom. The molecule has 186 valence electrons. The van der Waals surface area contributed by atoms with Crippen molar-refractivity contribution < 1.29 is 32.6 Å². The highest BCUT2D eigenvalue weighted by Crippen LogP contribution is 2.22. The van der Waals surface area contributed by atoms with Crippen molar-refractivity contribution in [2.45, 2.75) is 24.8 Å². The highest BCUT2D eigenvalue weighted by molar-refractivity contribution is 7.99. The number of carboxylic acids is 1. The number of anilines is 1. The number of fused-ring (bicyclic) bond motifs is 1. The van der Waals surface area contributed by atoms with Gasteiger partial charge in [0.15, 0.2) is 16.3 Å². The van der Waals surface area contributed by atoms with E-state index in [0.29, 0.717) is 28.8 Å². The van der Waals surface area contributed by atoms with E-state index in [-0.39, 0.29) is 17.3 Å². The van der Waals surface area contributed by atoms with Gasteiger partial charge in [-0.2, -0.15) is 18.2 Å². The predicted octanol–water partition coefficient (Wildman–Crippen LogP) is 0.461. The molecule has 1 aliphatic rings. The number of carbonyl (C=O) groups excluding carboxylic acids is 1. The number of halogens is 3. The van der Waals surface area contributed by atoms with E-state index in [0.717, 1.165) is 37.9 Å². The van der Waals surface area contributed by atoms with Crippen molar-refractivity contribution in [1.82, 2.24) is 24.4 Å². The summed E-state index contributed by atoms with van der Waals surface area (Å²) in [5, 5.41) is 10.9. The number of piperazine rings is 1. The number of hydrogen-bond donors (Lipinski definition) is 2. The molecule has 1 aliphatic heterocycles. The standard InChI is InChI=1S/C17H22N6O3S.C2HF3O2/c1-4-5-8-23-13-14(19-16(23)22-9-6-18-7-10-22)20-17(21(2)15(13)25)27-11-12(24)26-3;3-2(4,5)1(6)7/h18H,6-11H2,1-3H3;(H,6,7). The second-order valence-corrected chi connectivity index (χ2v) is 7.70. The average Bonchev–Trinajstić information content (AvgIpc) is 3.17. The van der Waals surface area contributed by atoms with Crippen LogP contribution in [0.4, 0.5) is 19.1 Å². The Labute approximate surface area is 196 Å². The molecule has 0 aromatic carbocycles. The zero-order valence-electron chi connectivity index (χ0n) is 18.6. The molecule has 2 aromatic heterocycles. The van der Waals surface area contributed by atoms with Crippen molar-refractivity contribution in [2.75, 3.05) is 43.9 Å². The van der Waals surface area contributed by atoms with E-state index < -0.39 is 12.1 Å². The number of carbonyl (C=O) groups is 2. The van der Waals surface area contributed by atoms with Crippen LogP contribution in [0.15, 0.2) is 9.95 Å². The highest BCUT2D eigenvalue weighted by atomic mass is 32.2. The fourth-order valence-electron chi connectivity index (χ4n) is 2.85. The highest BCUT2D eigenvalue weighted by Gasteiger charge is 2.38. The summed E-state index contributed by atoms with van der Waals surface area (Å²) in [5.74, 6) is 3.54. The number of methoxy groups -OCH3 is 1. The Kier molecular flexibility index (Phi) is 9.33. The number of carboxylic acid groups (broad SMARTS) is 1. The minimum atomic E-state index is -5.08. The fourth-order valence-corrected chi connectivity index (χ4v) is 3.65. The van der Waals surface area contributed by atoms with Crippen LogP contribution in [0.2, 0.25) is 0 Å².